The first-order chi connectivity index (χ1) is 8.73. The molecule has 0 aliphatic carbocycles. The monoisotopic (exact) mass is 363 g/mol. The molecule has 0 bridgehead atoms. The number of nitrogens with zero attached hydrogens (tertiary/aromatic N) is 1. The van der Waals surface area contributed by atoms with Gasteiger partial charge in [-0.2, -0.15) is 4.31 Å². The van der Waals surface area contributed by atoms with Crippen molar-refractivity contribution >= 4 is 37.3 Å². The summed E-state index contributed by atoms with van der Waals surface area (Å²) in [7, 11) is -3.36. The van der Waals surface area contributed by atoms with E-state index in [1.54, 1.807) is 15.8 Å². The van der Waals surface area contributed by atoms with Crippen LogP contribution in [0.15, 0.2) is 31.8 Å². The molecule has 0 amide bonds. The van der Waals surface area contributed by atoms with Crippen molar-refractivity contribution in [1.82, 2.24) is 4.31 Å². The van der Waals surface area contributed by atoms with E-state index >= 15 is 0 Å². The molecule has 1 aromatic heterocycles. The van der Waals surface area contributed by atoms with Crippen LogP contribution in [-0.2, 0) is 10.0 Å². The van der Waals surface area contributed by atoms with Gasteiger partial charge in [0.2, 0.25) is 0 Å². The lowest BCUT2D eigenvalue weighted by atomic mass is 9.83. The molecule has 0 N–H and O–H groups in total. The number of rotatable bonds is 2. The molecule has 0 atom stereocenters. The van der Waals surface area contributed by atoms with Gasteiger partial charge in [0, 0.05) is 17.6 Å². The van der Waals surface area contributed by atoms with Crippen molar-refractivity contribution in [2.24, 2.45) is 5.41 Å². The molecule has 6 heteroatoms. The zero-order valence-corrected chi connectivity index (χ0v) is 14.5. The van der Waals surface area contributed by atoms with Gasteiger partial charge in [-0.15, -0.1) is 11.3 Å². The zero-order valence-electron chi connectivity index (χ0n) is 11.3. The molecular formula is C13H18BrNO2S2. The molecule has 1 aromatic rings. The van der Waals surface area contributed by atoms with Crippen molar-refractivity contribution in [1.29, 1.82) is 0 Å². The van der Waals surface area contributed by atoms with Gasteiger partial charge in [-0.1, -0.05) is 32.4 Å². The van der Waals surface area contributed by atoms with Crippen LogP contribution in [-0.4, -0.2) is 25.8 Å². The number of hydrogen-bond acceptors (Lipinski definition) is 3. The number of sulfonamides is 1. The summed E-state index contributed by atoms with van der Waals surface area (Å²) in [5.41, 5.74) is 1.46. The molecule has 0 radical (unpaired) electrons. The predicted molar refractivity (Wildman–Crippen MR) is 82.9 cm³/mol. The van der Waals surface area contributed by atoms with Crippen LogP contribution in [0, 0.1) is 5.41 Å². The fourth-order valence-electron chi connectivity index (χ4n) is 2.13. The number of hydrogen-bond donors (Lipinski definition) is 0. The van der Waals surface area contributed by atoms with Gasteiger partial charge >= 0.3 is 0 Å². The summed E-state index contributed by atoms with van der Waals surface area (Å²) in [5, 5.41) is 1.79. The minimum Gasteiger partial charge on any atom is -0.206 e. The van der Waals surface area contributed by atoms with Crippen molar-refractivity contribution < 1.29 is 8.42 Å². The summed E-state index contributed by atoms with van der Waals surface area (Å²) in [6, 6.07) is 1.78. The van der Waals surface area contributed by atoms with Crippen molar-refractivity contribution in [2.75, 3.05) is 13.1 Å². The molecule has 1 aliphatic heterocycles. The van der Waals surface area contributed by atoms with E-state index in [4.69, 9.17) is 0 Å². The molecule has 0 saturated carbocycles. The number of halogens is 1. The Balaban J connectivity index is 2.23. The SMILES string of the molecule is CC(C)(C)C1=CCN(S(=O)(=O)c2sccc2Br)CC1. The van der Waals surface area contributed by atoms with E-state index in [2.05, 4.69) is 42.8 Å². The molecule has 2 rings (SSSR count). The molecule has 2 heterocycles. The average Bonchev–Trinajstić information content (AvgIpc) is 2.75. The Morgan fingerprint density at radius 2 is 2.05 bits per heavy atom. The first kappa shape index (κ1) is 15.2. The van der Waals surface area contributed by atoms with Crippen LogP contribution >= 0.6 is 27.3 Å². The predicted octanol–water partition coefficient (Wildman–Crippen LogP) is 3.88. The standard InChI is InChI=1S/C13H18BrNO2S2/c1-13(2,3)10-4-7-15(8-5-10)19(16,17)12-11(14)6-9-18-12/h4,6,9H,5,7-8H2,1-3H3. The quantitative estimate of drug-likeness (QED) is 0.747. The summed E-state index contributed by atoms with van der Waals surface area (Å²) in [4.78, 5) is 0. The Morgan fingerprint density at radius 3 is 2.47 bits per heavy atom. The average molecular weight is 364 g/mol. The first-order valence-corrected chi connectivity index (χ1v) is 9.27. The van der Waals surface area contributed by atoms with E-state index in [9.17, 15) is 8.42 Å². The molecular weight excluding hydrogens is 346 g/mol. The van der Waals surface area contributed by atoms with Crippen molar-refractivity contribution in [2.45, 2.75) is 31.4 Å². The second-order valence-corrected chi connectivity index (χ2v) is 9.55. The molecule has 0 aromatic carbocycles. The number of thiophene rings is 1. The van der Waals surface area contributed by atoms with Gasteiger partial charge in [-0.3, -0.25) is 0 Å². The highest BCUT2D eigenvalue weighted by Crippen LogP contribution is 2.34. The van der Waals surface area contributed by atoms with Crippen LogP contribution in [0.3, 0.4) is 0 Å². The summed E-state index contributed by atoms with van der Waals surface area (Å²) >= 11 is 4.56. The molecule has 1 aliphatic rings. The third-order valence-corrected chi connectivity index (χ3v) is 7.81. The zero-order chi connectivity index (χ0) is 14.3. The van der Waals surface area contributed by atoms with Crippen LogP contribution in [0.25, 0.3) is 0 Å². The van der Waals surface area contributed by atoms with Crippen LogP contribution < -0.4 is 0 Å². The maximum absolute atomic E-state index is 12.5. The molecule has 0 spiro atoms. The molecule has 3 nitrogen and oxygen atoms in total. The molecule has 106 valence electrons. The van der Waals surface area contributed by atoms with E-state index in [-0.39, 0.29) is 5.41 Å². The molecule has 0 fully saturated rings. The van der Waals surface area contributed by atoms with Gasteiger partial charge in [0.1, 0.15) is 4.21 Å². The van der Waals surface area contributed by atoms with E-state index in [0.717, 1.165) is 6.42 Å². The van der Waals surface area contributed by atoms with Crippen molar-refractivity contribution in [3.8, 4) is 0 Å². The van der Waals surface area contributed by atoms with E-state index < -0.39 is 10.0 Å². The third-order valence-electron chi connectivity index (χ3n) is 3.29. The van der Waals surface area contributed by atoms with Crippen LogP contribution in [0.4, 0.5) is 0 Å². The summed E-state index contributed by atoms with van der Waals surface area (Å²) in [6.45, 7) is 7.53. The Labute approximate surface area is 127 Å². The molecule has 0 unspecified atom stereocenters. The lowest BCUT2D eigenvalue weighted by molar-refractivity contribution is 0.390. The minimum absolute atomic E-state index is 0.124. The van der Waals surface area contributed by atoms with Gasteiger partial charge in [-0.25, -0.2) is 8.42 Å². The highest BCUT2D eigenvalue weighted by molar-refractivity contribution is 9.10. The van der Waals surface area contributed by atoms with Crippen LogP contribution in [0.5, 0.6) is 0 Å². The van der Waals surface area contributed by atoms with E-state index in [0.29, 0.717) is 21.8 Å². The lowest BCUT2D eigenvalue weighted by Gasteiger charge is -2.31. The van der Waals surface area contributed by atoms with E-state index in [1.807, 2.05) is 0 Å². The van der Waals surface area contributed by atoms with Crippen molar-refractivity contribution in [3.05, 3.63) is 27.6 Å². The maximum atomic E-state index is 12.5. The molecule has 19 heavy (non-hydrogen) atoms. The minimum atomic E-state index is -3.36. The molecule has 0 saturated heterocycles. The Kier molecular flexibility index (Phi) is 4.26. The summed E-state index contributed by atoms with van der Waals surface area (Å²) in [5.74, 6) is 0. The van der Waals surface area contributed by atoms with Gasteiger partial charge in [0.25, 0.3) is 10.0 Å². The Morgan fingerprint density at radius 1 is 1.37 bits per heavy atom. The normalized spacial score (nSPS) is 18.4. The van der Waals surface area contributed by atoms with Gasteiger partial charge in [-0.05, 0) is 39.2 Å². The topological polar surface area (TPSA) is 37.4 Å². The highest BCUT2D eigenvalue weighted by atomic mass is 79.9. The second-order valence-electron chi connectivity index (χ2n) is 5.65. The smallest absolute Gasteiger partial charge is 0.206 e. The Bertz CT molecular complexity index is 596. The fourth-order valence-corrected chi connectivity index (χ4v) is 5.96. The van der Waals surface area contributed by atoms with E-state index in [1.165, 1.54) is 16.9 Å². The highest BCUT2D eigenvalue weighted by Gasteiger charge is 2.30. The third kappa shape index (κ3) is 3.12. The van der Waals surface area contributed by atoms with Gasteiger partial charge in [0.15, 0.2) is 0 Å². The lowest BCUT2D eigenvalue weighted by Crippen LogP contribution is -2.36. The van der Waals surface area contributed by atoms with Gasteiger partial charge in [0.05, 0.1) is 0 Å². The largest absolute Gasteiger partial charge is 0.253 e. The first-order valence-electron chi connectivity index (χ1n) is 6.15. The summed E-state index contributed by atoms with van der Waals surface area (Å²) < 4.78 is 27.6. The van der Waals surface area contributed by atoms with Crippen LogP contribution in [0.2, 0.25) is 0 Å². The second kappa shape index (κ2) is 5.31. The Hall–Kier alpha value is -0.170. The van der Waals surface area contributed by atoms with Crippen LogP contribution in [0.1, 0.15) is 27.2 Å². The summed E-state index contributed by atoms with van der Waals surface area (Å²) in [6.07, 6.45) is 2.87. The van der Waals surface area contributed by atoms with Gasteiger partial charge < -0.3 is 0 Å². The van der Waals surface area contributed by atoms with Crippen molar-refractivity contribution in [3.63, 3.8) is 0 Å². The fraction of sp³-hybridized carbons (Fsp3) is 0.538. The maximum Gasteiger partial charge on any atom is 0.253 e.